The maximum Gasteiger partial charge on any atom is 0.238 e. The van der Waals surface area contributed by atoms with Crippen LogP contribution in [0, 0.1) is 62.0 Å². The smallest absolute Gasteiger partial charge is 0.238 e. The van der Waals surface area contributed by atoms with Gasteiger partial charge in [-0.15, -0.1) is 0 Å². The summed E-state index contributed by atoms with van der Waals surface area (Å²) in [6.45, 7) is 73.4. The molecule has 0 aromatic heterocycles. The number of halogens is 3. The van der Waals surface area contributed by atoms with E-state index < -0.39 is 80.3 Å². The van der Waals surface area contributed by atoms with Crippen LogP contribution in [0.3, 0.4) is 0 Å². The molecular weight excluding hydrogens is 1570 g/mol. The quantitative estimate of drug-likeness (QED) is 0.0505. The van der Waals surface area contributed by atoms with Gasteiger partial charge in [0.05, 0.1) is 56.9 Å². The Balaban J connectivity index is 0.000000601. The zero-order valence-electron chi connectivity index (χ0n) is 65.4. The molecule has 0 aliphatic carbocycles. The summed E-state index contributed by atoms with van der Waals surface area (Å²) in [6, 6.07) is -1.77. The van der Waals surface area contributed by atoms with Crippen molar-refractivity contribution in [1.29, 1.82) is 0 Å². The molecule has 10 bridgehead atoms. The number of hydrogen-bond acceptors (Lipinski definition) is 19. The van der Waals surface area contributed by atoms with Gasteiger partial charge >= 0.3 is 0 Å². The SMILES string of the molecule is CCN(CC)CC.F.F.F.[B][C@@H]1O[C@@]2(C(C)C)CO[C@@H]1[C@@H]2O.[B][C@@H]1O[C@@]2(C(C)C)CO[C@@H]1[C@@H]2O[Si](C)(C)C(C)(C)C.[B][C@@H]1O[C@@]2([C@H](C)O)CO[C@@H]1[C@H]2O[Si](C)(C)C(C)(C)C.[B][C@@H]1O[C@@]2([C@H](C)OC)CO[C@@H]1[C@H]2O[Si](C)(C)C(C)(C)C.[C-]#[N+]CCOP(C)O[C@H]1[C@@H]2[CH-]O[C@@]1(C(C)C)CO2.[U]. The second-order valence-electron chi connectivity index (χ2n) is 32.9. The molecule has 8 radical (unpaired) electrons. The van der Waals surface area contributed by atoms with E-state index in [1.54, 1.807) is 20.6 Å². The number of hydrogen-bond donors (Lipinski definition) is 2. The third-order valence-electron chi connectivity index (χ3n) is 23.0. The maximum absolute atomic E-state index is 10.1. The van der Waals surface area contributed by atoms with Crippen molar-refractivity contribution in [1.82, 2.24) is 4.90 Å². The van der Waals surface area contributed by atoms with Crippen molar-refractivity contribution in [2.75, 3.05) is 79.6 Å². The fourth-order valence-corrected chi connectivity index (χ4v) is 17.7. The van der Waals surface area contributed by atoms with Gasteiger partial charge in [0.1, 0.15) is 109 Å². The second kappa shape index (κ2) is 38.0. The first-order chi connectivity index (χ1) is 43.6. The van der Waals surface area contributed by atoms with Crippen molar-refractivity contribution in [3.8, 4) is 0 Å². The Hall–Kier alpha value is 0.912. The summed E-state index contributed by atoms with van der Waals surface area (Å²) >= 11 is 0. The minimum atomic E-state index is -1.96. The van der Waals surface area contributed by atoms with Gasteiger partial charge < -0.3 is 94.4 Å². The van der Waals surface area contributed by atoms with E-state index in [1.807, 2.05) is 27.4 Å². The maximum atomic E-state index is 10.1. The first-order valence-corrected chi connectivity index (χ1v) is 45.3. The first kappa shape index (κ1) is 97.9. The largest absolute Gasteiger partial charge is 0.541 e. The molecule has 20 nitrogen and oxygen atoms in total. The Labute approximate surface area is 628 Å². The van der Waals surface area contributed by atoms with Gasteiger partial charge in [-0.1, -0.05) is 125 Å². The number of ether oxygens (including phenoxy) is 11. The summed E-state index contributed by atoms with van der Waals surface area (Å²) in [5.41, 5.74) is -2.66. The molecule has 10 fully saturated rings. The molecule has 22 atom stereocenters. The number of rotatable bonds is 20. The number of nitrogens with zero attached hydrogens (tertiary/aromatic N) is 2. The normalized spacial score (nSPS) is 36.9. The van der Waals surface area contributed by atoms with E-state index in [2.05, 4.69) is 160 Å². The molecule has 2 N–H and O–H groups in total. The van der Waals surface area contributed by atoms with E-state index in [4.69, 9.17) is 112 Å². The summed E-state index contributed by atoms with van der Waals surface area (Å²) in [5.74, 6) is 0.879. The van der Waals surface area contributed by atoms with Crippen LogP contribution in [0.2, 0.25) is 54.4 Å². The van der Waals surface area contributed by atoms with Crippen molar-refractivity contribution in [2.24, 2.45) is 17.8 Å². The first-order valence-electron chi connectivity index (χ1n) is 34.9. The summed E-state index contributed by atoms with van der Waals surface area (Å²) in [5, 5.41) is 20.3. The van der Waals surface area contributed by atoms with Gasteiger partial charge in [0, 0.05) is 68.9 Å². The van der Waals surface area contributed by atoms with Gasteiger partial charge in [0.15, 0.2) is 33.3 Å². The van der Waals surface area contributed by atoms with Crippen molar-refractivity contribution in [3.05, 3.63) is 18.0 Å². The fraction of sp³-hybridized carbons (Fsp3) is 0.970. The monoisotopic (exact) mass is 1700 g/mol. The fourth-order valence-electron chi connectivity index (χ4n) is 12.8. The van der Waals surface area contributed by atoms with Crippen LogP contribution in [0.15, 0.2) is 0 Å². The average Bonchev–Trinajstić information content (AvgIpc) is 1.59. The Bertz CT molecular complexity index is 2390. The Morgan fingerprint density at radius 3 is 1.19 bits per heavy atom. The van der Waals surface area contributed by atoms with E-state index in [9.17, 15) is 10.2 Å². The average molecular weight is 1700 g/mol. The van der Waals surface area contributed by atoms with Gasteiger partial charge in [-0.2, -0.15) is 6.61 Å². The van der Waals surface area contributed by atoms with Crippen LogP contribution < -0.4 is 0 Å². The molecule has 99 heavy (non-hydrogen) atoms. The third kappa shape index (κ3) is 20.7. The second-order valence-corrected chi connectivity index (χ2v) is 48.5. The topological polar surface area (TPSA) is 196 Å². The van der Waals surface area contributed by atoms with Crippen LogP contribution in [-0.4, -0.2) is 276 Å². The number of aliphatic hydroxyl groups excluding tert-OH is 2. The molecule has 1 unspecified atom stereocenters. The van der Waals surface area contributed by atoms with Crippen LogP contribution in [0.25, 0.3) is 4.85 Å². The molecular formula is C67H129B4F3N2O18PSi3U-. The molecule has 0 aromatic carbocycles. The summed E-state index contributed by atoms with van der Waals surface area (Å²) < 4.78 is 94.0. The van der Waals surface area contributed by atoms with Gasteiger partial charge in [-0.05, 0) is 112 Å². The van der Waals surface area contributed by atoms with Crippen LogP contribution in [0.1, 0.15) is 138 Å². The molecule has 0 amide bonds. The van der Waals surface area contributed by atoms with E-state index in [0.717, 1.165) is 0 Å². The van der Waals surface area contributed by atoms with Crippen molar-refractivity contribution >= 4 is 64.7 Å². The predicted octanol–water partition coefficient (Wildman–Crippen LogP) is 9.90. The van der Waals surface area contributed by atoms with Gasteiger partial charge in [-0.25, -0.2) is 6.57 Å². The van der Waals surface area contributed by atoms with Gasteiger partial charge in [-0.3, -0.25) is 14.1 Å². The van der Waals surface area contributed by atoms with E-state index >= 15 is 0 Å². The summed E-state index contributed by atoms with van der Waals surface area (Å²) in [7, 11) is 18.6. The predicted molar refractivity (Wildman–Crippen MR) is 391 cm³/mol. The molecule has 0 aromatic rings. The molecule has 10 saturated heterocycles. The molecule has 10 heterocycles. The third-order valence-corrected chi connectivity index (χ3v) is 37.5. The zero-order chi connectivity index (χ0) is 72.4. The summed E-state index contributed by atoms with van der Waals surface area (Å²) in [6.07, 6.45) is -2.89. The standard InChI is InChI=1S/C14H27BO4Si.C14H27BO3Si.C13H25BO4Si.C12H19NO4P.C8H13BO3.C6H15N.3FH.U/c1-9(16-5)14-8-17-10(12(15)18-14)11(14)19-20(6,7)13(2,3)4;1-9(2)14-8-16-10(12(15)17-14)11(14)18-19(6,7)13(3,4)5;1-8(15)13-7-16-9(11(14)17-13)10(13)18-19(5,6)12(2,3)4;1-9(2)12-8-14-10(7-15-12)11(12)17-18(4)16-6-5-13-3;1-4(2)8-3-11-5(6(8)10)7(9)12-8;1-4-7(5-2)6-3;;;;/h9-12H,8H2,1-7H3;9-12H,8H2,1-7H3;8-11,15H,7H2,1-6H3;7,9-11H,5-6,8H2,1-2,4H3;4-7,10H,3H2,1-2H3;4-6H2,1-3H3;3*1H;/q;;;-1;;;;;;/t9-,10+,11+,12+,14+;10-,11+,12-,14-;8-,9+,10+,11+,13+;10-,11-,12+,18?;5-,6+,7-,8-;;;;;/m01001...../s1. The molecule has 0 spiro atoms. The number of methoxy groups -OCH3 is 1. The number of aliphatic hydroxyl groups is 2. The molecule has 10 aliphatic rings. The Morgan fingerprint density at radius 2 is 0.889 bits per heavy atom. The van der Waals surface area contributed by atoms with Crippen LogP contribution >= 0.6 is 8.38 Å². The van der Waals surface area contributed by atoms with E-state index in [-0.39, 0.29) is 145 Å². The minimum absolute atomic E-state index is 0. The van der Waals surface area contributed by atoms with Crippen molar-refractivity contribution in [3.63, 3.8) is 0 Å². The van der Waals surface area contributed by atoms with Crippen LogP contribution in [-0.2, 0) is 74.4 Å². The Morgan fingerprint density at radius 1 is 0.556 bits per heavy atom. The molecule has 570 valence electrons. The van der Waals surface area contributed by atoms with E-state index in [1.165, 1.54) is 19.6 Å². The molecule has 10 aliphatic heterocycles. The minimum Gasteiger partial charge on any atom is -0.541 e. The van der Waals surface area contributed by atoms with Crippen molar-refractivity contribution < 1.29 is 130 Å². The van der Waals surface area contributed by atoms with Crippen LogP contribution in [0.4, 0.5) is 14.1 Å². The molecule has 10 rings (SSSR count). The Kier molecular flexibility index (Phi) is 37.6. The van der Waals surface area contributed by atoms with Gasteiger partial charge in [0.2, 0.25) is 6.54 Å². The van der Waals surface area contributed by atoms with Crippen LogP contribution in [0.5, 0.6) is 0 Å². The van der Waals surface area contributed by atoms with Crippen molar-refractivity contribution in [2.45, 2.75) is 318 Å². The molecule has 32 heteroatoms. The summed E-state index contributed by atoms with van der Waals surface area (Å²) in [4.78, 5) is 5.62. The zero-order valence-corrected chi connectivity index (χ0v) is 73.5. The van der Waals surface area contributed by atoms with E-state index in [0.29, 0.717) is 58.0 Å². The van der Waals surface area contributed by atoms with Gasteiger partial charge in [0.25, 0.3) is 0 Å². The molecule has 0 saturated carbocycles. The number of fused-ring (bicyclic) bond motifs is 10.